The minimum Gasteiger partial charge on any atom is -0.345 e. The van der Waals surface area contributed by atoms with Crippen LogP contribution < -0.4 is 0 Å². The second-order valence-electron chi connectivity index (χ2n) is 7.57. The number of hydrogen-bond donors (Lipinski definition) is 1. The SMILES string of the molecule is Cc1cc2[nH]cnc2cc1C12CCCCC1C(C)N(C)CC2. The van der Waals surface area contributed by atoms with E-state index in [0.717, 1.165) is 11.4 Å². The van der Waals surface area contributed by atoms with Crippen molar-refractivity contribution in [3.8, 4) is 0 Å². The molecule has 3 unspecified atom stereocenters. The molecule has 2 aromatic rings. The Labute approximate surface area is 133 Å². The highest BCUT2D eigenvalue weighted by molar-refractivity contribution is 5.77. The number of benzene rings is 1. The molecular formula is C19H27N3. The number of hydrogen-bond acceptors (Lipinski definition) is 2. The maximum absolute atomic E-state index is 4.52. The van der Waals surface area contributed by atoms with Gasteiger partial charge in [0.2, 0.25) is 0 Å². The van der Waals surface area contributed by atoms with Crippen molar-refractivity contribution in [1.82, 2.24) is 14.9 Å². The topological polar surface area (TPSA) is 31.9 Å². The number of nitrogens with zero attached hydrogens (tertiary/aromatic N) is 2. The Morgan fingerprint density at radius 3 is 3.00 bits per heavy atom. The lowest BCUT2D eigenvalue weighted by molar-refractivity contribution is 0.0226. The molecule has 4 rings (SSSR count). The first-order valence-corrected chi connectivity index (χ1v) is 8.76. The van der Waals surface area contributed by atoms with Gasteiger partial charge in [0, 0.05) is 11.5 Å². The standard InChI is InChI=1S/C19H27N3/c1-13-10-17-18(21-12-20-17)11-16(13)19-7-5-4-6-15(19)14(2)22(3)9-8-19/h10-12,14-15H,4-9H2,1-3H3,(H,20,21). The van der Waals surface area contributed by atoms with Crippen molar-refractivity contribution in [3.05, 3.63) is 29.6 Å². The van der Waals surface area contributed by atoms with Gasteiger partial charge in [0.1, 0.15) is 0 Å². The zero-order valence-corrected chi connectivity index (χ0v) is 14.0. The van der Waals surface area contributed by atoms with Gasteiger partial charge in [-0.2, -0.15) is 0 Å². The van der Waals surface area contributed by atoms with Crippen LogP contribution >= 0.6 is 0 Å². The van der Waals surface area contributed by atoms with E-state index in [9.17, 15) is 0 Å². The Morgan fingerprint density at radius 2 is 2.14 bits per heavy atom. The first kappa shape index (κ1) is 14.3. The molecule has 22 heavy (non-hydrogen) atoms. The molecule has 1 saturated carbocycles. The van der Waals surface area contributed by atoms with E-state index in [0.29, 0.717) is 11.5 Å². The third-order valence-electron chi connectivity index (χ3n) is 6.59. The van der Waals surface area contributed by atoms with E-state index < -0.39 is 0 Å². The largest absolute Gasteiger partial charge is 0.345 e. The smallest absolute Gasteiger partial charge is 0.0931 e. The van der Waals surface area contributed by atoms with Gasteiger partial charge in [0.25, 0.3) is 0 Å². The van der Waals surface area contributed by atoms with E-state index >= 15 is 0 Å². The lowest BCUT2D eigenvalue weighted by Gasteiger charge is -2.54. The van der Waals surface area contributed by atoms with Crippen LogP contribution in [0, 0.1) is 12.8 Å². The van der Waals surface area contributed by atoms with Crippen molar-refractivity contribution in [2.24, 2.45) is 5.92 Å². The Balaban J connectivity index is 1.87. The number of H-pyrrole nitrogens is 1. The first-order chi connectivity index (χ1) is 10.6. The maximum Gasteiger partial charge on any atom is 0.0931 e. The third-order valence-corrected chi connectivity index (χ3v) is 6.59. The number of imidazole rings is 1. The van der Waals surface area contributed by atoms with Gasteiger partial charge in [-0.1, -0.05) is 12.8 Å². The molecule has 3 atom stereocenters. The maximum atomic E-state index is 4.52. The molecule has 2 fully saturated rings. The number of likely N-dealkylation sites (tertiary alicyclic amines) is 1. The Morgan fingerprint density at radius 1 is 1.27 bits per heavy atom. The Kier molecular flexibility index (Phi) is 3.30. The van der Waals surface area contributed by atoms with Crippen LogP contribution in [0.2, 0.25) is 0 Å². The van der Waals surface area contributed by atoms with Gasteiger partial charge in [-0.3, -0.25) is 0 Å². The second-order valence-corrected chi connectivity index (χ2v) is 7.57. The van der Waals surface area contributed by atoms with Gasteiger partial charge in [-0.15, -0.1) is 0 Å². The summed E-state index contributed by atoms with van der Waals surface area (Å²) in [5.41, 5.74) is 5.70. The number of fused-ring (bicyclic) bond motifs is 2. The predicted octanol–water partition coefficient (Wildman–Crippen LogP) is 4.02. The fourth-order valence-corrected chi connectivity index (χ4v) is 5.26. The average molecular weight is 297 g/mol. The number of nitrogens with one attached hydrogen (secondary N) is 1. The molecule has 118 valence electrons. The van der Waals surface area contributed by atoms with E-state index in [1.807, 2.05) is 6.33 Å². The van der Waals surface area contributed by atoms with Crippen LogP contribution in [0.3, 0.4) is 0 Å². The van der Waals surface area contributed by atoms with Gasteiger partial charge >= 0.3 is 0 Å². The van der Waals surface area contributed by atoms with Crippen LogP contribution in [0.5, 0.6) is 0 Å². The summed E-state index contributed by atoms with van der Waals surface area (Å²) in [6, 6.07) is 5.38. The minimum atomic E-state index is 0.376. The molecule has 3 heteroatoms. The normalized spacial score (nSPS) is 33.0. The van der Waals surface area contributed by atoms with Crippen molar-refractivity contribution >= 4 is 11.0 Å². The molecule has 2 heterocycles. The summed E-state index contributed by atoms with van der Waals surface area (Å²) < 4.78 is 0. The summed E-state index contributed by atoms with van der Waals surface area (Å²) in [4.78, 5) is 10.3. The molecular weight excluding hydrogens is 270 g/mol. The summed E-state index contributed by atoms with van der Waals surface area (Å²) in [6.07, 6.45) is 8.63. The number of aryl methyl sites for hydroxylation is 1. The van der Waals surface area contributed by atoms with Gasteiger partial charge < -0.3 is 9.88 Å². The summed E-state index contributed by atoms with van der Waals surface area (Å²) in [5, 5.41) is 0. The highest BCUT2D eigenvalue weighted by Gasteiger charge is 2.48. The summed E-state index contributed by atoms with van der Waals surface area (Å²) >= 11 is 0. The van der Waals surface area contributed by atoms with Crippen molar-refractivity contribution < 1.29 is 0 Å². The fraction of sp³-hybridized carbons (Fsp3) is 0.632. The van der Waals surface area contributed by atoms with Crippen molar-refractivity contribution in [1.29, 1.82) is 0 Å². The molecule has 1 saturated heterocycles. The summed E-state index contributed by atoms with van der Waals surface area (Å²) in [7, 11) is 2.30. The number of aromatic amines is 1. The highest BCUT2D eigenvalue weighted by atomic mass is 15.1. The summed E-state index contributed by atoms with van der Waals surface area (Å²) in [5.74, 6) is 0.787. The van der Waals surface area contributed by atoms with E-state index in [4.69, 9.17) is 0 Å². The van der Waals surface area contributed by atoms with E-state index in [-0.39, 0.29) is 0 Å². The minimum absolute atomic E-state index is 0.376. The van der Waals surface area contributed by atoms with Crippen LogP contribution in [0.15, 0.2) is 18.5 Å². The number of aromatic nitrogens is 2. The Bertz CT molecular complexity index is 689. The second kappa shape index (κ2) is 5.09. The molecule has 0 amide bonds. The molecule has 1 N–H and O–H groups in total. The van der Waals surface area contributed by atoms with Crippen molar-refractivity contribution in [2.45, 2.75) is 57.4 Å². The molecule has 2 aliphatic rings. The third kappa shape index (κ3) is 1.95. The van der Waals surface area contributed by atoms with E-state index in [2.05, 4.69) is 47.9 Å². The molecule has 1 aliphatic heterocycles. The zero-order valence-electron chi connectivity index (χ0n) is 14.0. The quantitative estimate of drug-likeness (QED) is 0.862. The van der Waals surface area contributed by atoms with Crippen molar-refractivity contribution in [2.75, 3.05) is 13.6 Å². The molecule has 1 aliphatic carbocycles. The first-order valence-electron chi connectivity index (χ1n) is 8.76. The molecule has 0 spiro atoms. The number of rotatable bonds is 1. The molecule has 1 aromatic carbocycles. The fourth-order valence-electron chi connectivity index (χ4n) is 5.26. The van der Waals surface area contributed by atoms with E-state index in [1.54, 1.807) is 5.56 Å². The van der Waals surface area contributed by atoms with Crippen LogP contribution in [-0.2, 0) is 5.41 Å². The van der Waals surface area contributed by atoms with E-state index in [1.165, 1.54) is 49.7 Å². The van der Waals surface area contributed by atoms with Crippen LogP contribution in [0.1, 0.15) is 50.2 Å². The highest BCUT2D eigenvalue weighted by Crippen LogP contribution is 2.52. The van der Waals surface area contributed by atoms with Gasteiger partial charge in [-0.05, 0) is 75.9 Å². The lowest BCUT2D eigenvalue weighted by Crippen LogP contribution is -2.55. The van der Waals surface area contributed by atoms with Crippen molar-refractivity contribution in [3.63, 3.8) is 0 Å². The van der Waals surface area contributed by atoms with Crippen LogP contribution in [-0.4, -0.2) is 34.5 Å². The van der Waals surface area contributed by atoms with Gasteiger partial charge in [0.15, 0.2) is 0 Å². The summed E-state index contributed by atoms with van der Waals surface area (Å²) in [6.45, 7) is 5.95. The average Bonchev–Trinajstić information content (AvgIpc) is 2.97. The van der Waals surface area contributed by atoms with Gasteiger partial charge in [0.05, 0.1) is 17.4 Å². The molecule has 1 aromatic heterocycles. The van der Waals surface area contributed by atoms with Crippen LogP contribution in [0.4, 0.5) is 0 Å². The molecule has 0 radical (unpaired) electrons. The van der Waals surface area contributed by atoms with Gasteiger partial charge in [-0.25, -0.2) is 4.98 Å². The lowest BCUT2D eigenvalue weighted by atomic mass is 9.56. The monoisotopic (exact) mass is 297 g/mol. The Hall–Kier alpha value is -1.35. The zero-order chi connectivity index (χ0) is 15.3. The molecule has 0 bridgehead atoms. The van der Waals surface area contributed by atoms with Crippen LogP contribution in [0.25, 0.3) is 11.0 Å². The predicted molar refractivity (Wildman–Crippen MR) is 91.2 cm³/mol. The number of piperidine rings is 1. The molecule has 3 nitrogen and oxygen atoms in total.